The van der Waals surface area contributed by atoms with Gasteiger partial charge in [0.2, 0.25) is 5.91 Å². The Bertz CT molecular complexity index is 1280. The highest BCUT2D eigenvalue weighted by molar-refractivity contribution is 7.92. The third-order valence-corrected chi connectivity index (χ3v) is 6.78. The van der Waals surface area contributed by atoms with Crippen LogP contribution in [0, 0.1) is 6.92 Å². The number of aryl methyl sites for hydroxylation is 1. The van der Waals surface area contributed by atoms with Crippen LogP contribution in [0.4, 0.5) is 5.69 Å². The van der Waals surface area contributed by atoms with Crippen molar-refractivity contribution >= 4 is 27.6 Å². The lowest BCUT2D eigenvalue weighted by Crippen LogP contribution is -2.40. The summed E-state index contributed by atoms with van der Waals surface area (Å²) in [7, 11) is -2.58. The highest BCUT2D eigenvalue weighted by atomic mass is 32.2. The number of anilines is 1. The molecule has 0 aliphatic carbocycles. The van der Waals surface area contributed by atoms with Gasteiger partial charge in [-0.05, 0) is 48.9 Å². The Morgan fingerprint density at radius 1 is 1.00 bits per heavy atom. The van der Waals surface area contributed by atoms with Gasteiger partial charge in [-0.25, -0.2) is 13.2 Å². The Morgan fingerprint density at radius 3 is 2.38 bits per heavy atom. The first kappa shape index (κ1) is 24.7. The molecule has 0 saturated carbocycles. The first-order valence-corrected chi connectivity index (χ1v) is 11.7. The van der Waals surface area contributed by atoms with Crippen LogP contribution in [0.3, 0.4) is 0 Å². The summed E-state index contributed by atoms with van der Waals surface area (Å²) in [5.74, 6) is 4.12. The number of nitrogens with two attached hydrogens (primary N) is 1. The number of hydrogen-bond donors (Lipinski definition) is 2. The summed E-state index contributed by atoms with van der Waals surface area (Å²) in [4.78, 5) is 28.7. The lowest BCUT2D eigenvalue weighted by Gasteiger charge is -2.24. The van der Waals surface area contributed by atoms with E-state index in [9.17, 15) is 18.0 Å². The normalized spacial score (nSPS) is 10.9. The number of ether oxygens (including phenoxy) is 1. The number of carbonyl (C=O) groups is 2. The van der Waals surface area contributed by atoms with E-state index in [0.717, 1.165) is 9.87 Å². The largest absolute Gasteiger partial charge is 0.497 e. The second kappa shape index (κ2) is 10.8. The molecule has 0 spiro atoms. The summed E-state index contributed by atoms with van der Waals surface area (Å²) < 4.78 is 33.1. The molecule has 178 valence electrons. The zero-order valence-corrected chi connectivity index (χ0v) is 19.5. The van der Waals surface area contributed by atoms with Crippen molar-refractivity contribution in [1.29, 1.82) is 0 Å². The molecule has 10 heteroatoms. The Morgan fingerprint density at radius 2 is 1.71 bits per heavy atom. The quantitative estimate of drug-likeness (QED) is 0.448. The van der Waals surface area contributed by atoms with E-state index < -0.39 is 28.4 Å². The van der Waals surface area contributed by atoms with Crippen molar-refractivity contribution in [2.45, 2.75) is 18.4 Å². The number of hydrogen-bond acceptors (Lipinski definition) is 7. The lowest BCUT2D eigenvalue weighted by atomic mass is 10.1. The minimum Gasteiger partial charge on any atom is -0.497 e. The van der Waals surface area contributed by atoms with Crippen LogP contribution in [0.25, 0.3) is 0 Å². The van der Waals surface area contributed by atoms with Gasteiger partial charge >= 0.3 is 5.97 Å². The van der Waals surface area contributed by atoms with Gasteiger partial charge < -0.3 is 14.9 Å². The summed E-state index contributed by atoms with van der Waals surface area (Å²) in [6.07, 6.45) is 0. The van der Waals surface area contributed by atoms with Crippen molar-refractivity contribution in [3.8, 4) is 5.75 Å². The van der Waals surface area contributed by atoms with Crippen LogP contribution >= 0.6 is 0 Å². The third kappa shape index (κ3) is 5.91. The van der Waals surface area contributed by atoms with E-state index in [1.165, 1.54) is 31.4 Å². The van der Waals surface area contributed by atoms with E-state index in [-0.39, 0.29) is 22.7 Å². The molecule has 0 unspecified atom stereocenters. The number of carbonyl (C=O) groups excluding carboxylic acids is 2. The van der Waals surface area contributed by atoms with Crippen LogP contribution in [0.5, 0.6) is 5.75 Å². The molecule has 0 aliphatic heterocycles. The molecule has 0 atom stereocenters. The molecule has 0 aromatic heterocycles. The van der Waals surface area contributed by atoms with Crippen LogP contribution in [0.15, 0.2) is 77.7 Å². The van der Waals surface area contributed by atoms with Gasteiger partial charge in [0.1, 0.15) is 12.3 Å². The maximum atomic E-state index is 13.4. The van der Waals surface area contributed by atoms with Gasteiger partial charge in [-0.15, -0.1) is 0 Å². The molecule has 0 bridgehead atoms. The molecule has 34 heavy (non-hydrogen) atoms. The van der Waals surface area contributed by atoms with Crippen molar-refractivity contribution in [2.24, 2.45) is 5.90 Å². The number of nitrogens with one attached hydrogen (secondary N) is 1. The molecular formula is C24H25N3O6S. The molecule has 0 aliphatic rings. The average molecular weight is 484 g/mol. The van der Waals surface area contributed by atoms with Gasteiger partial charge in [0, 0.05) is 12.6 Å². The Labute approximate surface area is 198 Å². The third-order valence-electron chi connectivity index (χ3n) is 5.00. The summed E-state index contributed by atoms with van der Waals surface area (Å²) >= 11 is 0. The van der Waals surface area contributed by atoms with E-state index >= 15 is 0 Å². The SMILES string of the molecule is COc1cccc(N(CC(=O)NCc2cccc(C(=O)ON)c2)S(=O)(=O)c2ccc(C)cc2)c1. The number of rotatable bonds is 9. The molecule has 3 rings (SSSR count). The summed E-state index contributed by atoms with van der Waals surface area (Å²) in [6.45, 7) is 1.46. The number of nitrogens with zero attached hydrogens (tertiary/aromatic N) is 1. The van der Waals surface area contributed by atoms with Crippen LogP contribution in [-0.2, 0) is 26.2 Å². The Hall–Kier alpha value is -3.89. The van der Waals surface area contributed by atoms with Gasteiger partial charge in [0.25, 0.3) is 10.0 Å². The van der Waals surface area contributed by atoms with E-state index in [2.05, 4.69) is 10.2 Å². The molecule has 0 fully saturated rings. The average Bonchev–Trinajstić information content (AvgIpc) is 2.85. The molecule has 3 aromatic rings. The van der Waals surface area contributed by atoms with Crippen LogP contribution in [0.1, 0.15) is 21.5 Å². The van der Waals surface area contributed by atoms with Crippen molar-refractivity contribution in [2.75, 3.05) is 18.0 Å². The standard InChI is InChI=1S/C24H25N3O6S/c1-17-9-11-22(12-10-17)34(30,31)27(20-7-4-8-21(14-20)32-2)16-23(28)26-15-18-5-3-6-19(13-18)24(29)33-25/h3-14H,15-16,25H2,1-2H3,(H,26,28). The molecular weight excluding hydrogens is 458 g/mol. The Balaban J connectivity index is 1.85. The minimum atomic E-state index is -4.05. The predicted molar refractivity (Wildman–Crippen MR) is 127 cm³/mol. The molecule has 0 radical (unpaired) electrons. The van der Waals surface area contributed by atoms with Crippen molar-refractivity contribution in [3.05, 3.63) is 89.5 Å². The zero-order valence-electron chi connectivity index (χ0n) is 18.7. The number of methoxy groups -OCH3 is 1. The fraction of sp³-hybridized carbons (Fsp3) is 0.167. The van der Waals surface area contributed by atoms with Gasteiger partial charge in [-0.3, -0.25) is 9.10 Å². The lowest BCUT2D eigenvalue weighted by molar-refractivity contribution is -0.119. The number of amides is 1. The molecule has 0 saturated heterocycles. The van der Waals surface area contributed by atoms with E-state index in [4.69, 9.17) is 10.6 Å². The fourth-order valence-corrected chi connectivity index (χ4v) is 4.59. The fourth-order valence-electron chi connectivity index (χ4n) is 3.18. The van der Waals surface area contributed by atoms with Crippen LogP contribution in [0.2, 0.25) is 0 Å². The summed E-state index contributed by atoms with van der Waals surface area (Å²) in [5.41, 5.74) is 2.04. The minimum absolute atomic E-state index is 0.0571. The summed E-state index contributed by atoms with van der Waals surface area (Å²) in [6, 6.07) is 19.2. The Kier molecular flexibility index (Phi) is 7.87. The van der Waals surface area contributed by atoms with Gasteiger partial charge in [0.15, 0.2) is 0 Å². The number of benzene rings is 3. The molecule has 3 N–H and O–H groups in total. The maximum absolute atomic E-state index is 13.4. The molecule has 3 aromatic carbocycles. The van der Waals surface area contributed by atoms with E-state index in [1.54, 1.807) is 48.5 Å². The maximum Gasteiger partial charge on any atom is 0.356 e. The monoisotopic (exact) mass is 483 g/mol. The highest BCUT2D eigenvalue weighted by Crippen LogP contribution is 2.27. The topological polar surface area (TPSA) is 128 Å². The second-order valence-electron chi connectivity index (χ2n) is 7.41. The molecule has 1 amide bonds. The van der Waals surface area contributed by atoms with E-state index in [1.807, 2.05) is 6.92 Å². The van der Waals surface area contributed by atoms with Crippen molar-refractivity contribution in [1.82, 2.24) is 5.32 Å². The molecule has 9 nitrogen and oxygen atoms in total. The van der Waals surface area contributed by atoms with Gasteiger partial charge in [0.05, 0.1) is 23.3 Å². The number of sulfonamides is 1. The zero-order chi connectivity index (χ0) is 24.7. The van der Waals surface area contributed by atoms with Crippen molar-refractivity contribution in [3.63, 3.8) is 0 Å². The first-order chi connectivity index (χ1) is 16.2. The highest BCUT2D eigenvalue weighted by Gasteiger charge is 2.27. The van der Waals surface area contributed by atoms with Crippen LogP contribution < -0.4 is 20.3 Å². The second-order valence-corrected chi connectivity index (χ2v) is 9.27. The van der Waals surface area contributed by atoms with Gasteiger partial charge in [-0.1, -0.05) is 35.9 Å². The van der Waals surface area contributed by atoms with Crippen LogP contribution in [-0.4, -0.2) is 33.9 Å². The molecule has 0 heterocycles. The van der Waals surface area contributed by atoms with Crippen molar-refractivity contribution < 1.29 is 27.6 Å². The van der Waals surface area contributed by atoms with Gasteiger partial charge in [-0.2, -0.15) is 5.90 Å². The van der Waals surface area contributed by atoms with E-state index in [0.29, 0.717) is 11.3 Å². The predicted octanol–water partition coefficient (Wildman–Crippen LogP) is 2.55. The first-order valence-electron chi connectivity index (χ1n) is 10.2. The summed E-state index contributed by atoms with van der Waals surface area (Å²) in [5, 5.41) is 2.68. The smallest absolute Gasteiger partial charge is 0.356 e.